The van der Waals surface area contributed by atoms with Gasteiger partial charge in [-0.25, -0.2) is 13.2 Å². The van der Waals surface area contributed by atoms with Gasteiger partial charge in [-0.3, -0.25) is 4.79 Å². The Morgan fingerprint density at radius 2 is 1.82 bits per heavy atom. The molecule has 0 saturated carbocycles. The van der Waals surface area contributed by atoms with Crippen LogP contribution < -0.4 is 5.32 Å². The second-order valence-corrected chi connectivity index (χ2v) is 11.1. The maximum atomic E-state index is 12.9. The Balaban J connectivity index is 2.13. The molecule has 34 heavy (non-hydrogen) atoms. The van der Waals surface area contributed by atoms with Gasteiger partial charge in [0.2, 0.25) is 10.0 Å². The minimum atomic E-state index is -3.73. The van der Waals surface area contributed by atoms with Crippen molar-refractivity contribution in [2.24, 2.45) is 5.92 Å². The van der Waals surface area contributed by atoms with Gasteiger partial charge in [0, 0.05) is 24.1 Å². The summed E-state index contributed by atoms with van der Waals surface area (Å²) in [5.74, 6) is -0.883. The molecule has 0 bridgehead atoms. The van der Waals surface area contributed by atoms with Crippen LogP contribution in [0.25, 0.3) is 0 Å². The number of hydrogen-bond donors (Lipinski definition) is 1. The van der Waals surface area contributed by atoms with Gasteiger partial charge in [-0.2, -0.15) is 9.29 Å². The number of nitrogens with one attached hydrogen (secondary N) is 1. The molecule has 2 aromatic rings. The molecule has 1 N–H and O–H groups in total. The maximum absolute atomic E-state index is 12.9. The lowest BCUT2D eigenvalue weighted by atomic mass is 9.96. The quantitative estimate of drug-likeness (QED) is 0.499. The van der Waals surface area contributed by atoms with Crippen LogP contribution in [-0.2, 0) is 31.6 Å². The van der Waals surface area contributed by atoms with Crippen molar-refractivity contribution in [3.8, 4) is 0 Å². The van der Waals surface area contributed by atoms with E-state index in [2.05, 4.69) is 15.5 Å². The predicted molar refractivity (Wildman–Crippen MR) is 125 cm³/mol. The summed E-state index contributed by atoms with van der Waals surface area (Å²) in [7, 11) is -3.73. The zero-order valence-electron chi connectivity index (χ0n) is 20.8. The minimum Gasteiger partial charge on any atom is -0.454 e. The zero-order chi connectivity index (χ0) is 25.7. The summed E-state index contributed by atoms with van der Waals surface area (Å²) in [4.78, 5) is 29.8. The highest BCUT2D eigenvalue weighted by Gasteiger charge is 2.28. The lowest BCUT2D eigenvalue weighted by molar-refractivity contribution is -0.149. The van der Waals surface area contributed by atoms with Crippen molar-refractivity contribution in [1.82, 2.24) is 19.8 Å². The molecule has 11 heteroatoms. The van der Waals surface area contributed by atoms with E-state index in [1.807, 2.05) is 20.8 Å². The number of aromatic nitrogens is 2. The van der Waals surface area contributed by atoms with E-state index >= 15 is 0 Å². The number of rotatable bonds is 10. The van der Waals surface area contributed by atoms with Crippen molar-refractivity contribution < 1.29 is 27.3 Å². The third-order valence-electron chi connectivity index (χ3n) is 5.12. The van der Waals surface area contributed by atoms with E-state index in [1.54, 1.807) is 27.7 Å². The van der Waals surface area contributed by atoms with E-state index in [-0.39, 0.29) is 34.3 Å². The average molecular weight is 495 g/mol. The molecular weight excluding hydrogens is 460 g/mol. The summed E-state index contributed by atoms with van der Waals surface area (Å²) in [5.41, 5.74) is -0.188. The summed E-state index contributed by atoms with van der Waals surface area (Å²) >= 11 is 0. The van der Waals surface area contributed by atoms with Gasteiger partial charge in [0.05, 0.1) is 4.90 Å². The van der Waals surface area contributed by atoms with Crippen LogP contribution in [0, 0.1) is 5.92 Å². The minimum absolute atomic E-state index is 0.0126. The number of carbonyl (C=O) groups excluding carboxylic acids is 2. The summed E-state index contributed by atoms with van der Waals surface area (Å²) in [6.45, 7) is 13.2. The van der Waals surface area contributed by atoms with Gasteiger partial charge in [0.15, 0.2) is 12.4 Å². The van der Waals surface area contributed by atoms with E-state index < -0.39 is 27.9 Å². The molecule has 0 unspecified atom stereocenters. The normalized spacial score (nSPS) is 13.2. The van der Waals surface area contributed by atoms with Crippen molar-refractivity contribution >= 4 is 21.9 Å². The molecule has 0 aliphatic heterocycles. The Labute approximate surface area is 201 Å². The van der Waals surface area contributed by atoms with Gasteiger partial charge in [0.25, 0.3) is 11.8 Å². The molecule has 1 aromatic carbocycles. The van der Waals surface area contributed by atoms with E-state index in [4.69, 9.17) is 9.26 Å². The largest absolute Gasteiger partial charge is 0.454 e. The number of esters is 1. The lowest BCUT2D eigenvalue weighted by Gasteiger charge is -2.21. The first-order chi connectivity index (χ1) is 15.8. The molecule has 0 aliphatic carbocycles. The molecule has 0 aliphatic rings. The first-order valence-corrected chi connectivity index (χ1v) is 12.7. The number of benzene rings is 1. The van der Waals surface area contributed by atoms with Crippen LogP contribution >= 0.6 is 0 Å². The lowest BCUT2D eigenvalue weighted by Crippen LogP contribution is -2.45. The van der Waals surface area contributed by atoms with Crippen molar-refractivity contribution in [2.75, 3.05) is 13.1 Å². The molecule has 1 amide bonds. The fourth-order valence-electron chi connectivity index (χ4n) is 3.07. The molecule has 0 radical (unpaired) electrons. The Hall–Kier alpha value is -2.79. The number of nitrogens with zero attached hydrogens (tertiary/aromatic N) is 3. The molecule has 0 fully saturated rings. The standard InChI is InChI=1S/C23H34N4O6S/c1-8-27(9-2)34(30,31)17-12-10-11-16(13-17)20(28)25-19(15(3)4)21(29)32-14-18-24-22(26-33-18)23(5,6)7/h10-13,15,19H,8-9,14H2,1-7H3,(H,25,28)/t19-/m0/s1. The van der Waals surface area contributed by atoms with Crippen molar-refractivity contribution in [3.05, 3.63) is 41.5 Å². The Morgan fingerprint density at radius 3 is 2.35 bits per heavy atom. The highest BCUT2D eigenvalue weighted by atomic mass is 32.2. The van der Waals surface area contributed by atoms with Crippen LogP contribution in [0.15, 0.2) is 33.7 Å². The Bertz CT molecular complexity index is 1100. The van der Waals surface area contributed by atoms with Crippen LogP contribution in [0.1, 0.15) is 70.5 Å². The van der Waals surface area contributed by atoms with Gasteiger partial charge in [0.1, 0.15) is 6.04 Å². The van der Waals surface area contributed by atoms with E-state index in [0.717, 1.165) is 0 Å². The summed E-state index contributed by atoms with van der Waals surface area (Å²) in [6, 6.07) is 4.77. The van der Waals surface area contributed by atoms with E-state index in [9.17, 15) is 18.0 Å². The molecule has 10 nitrogen and oxygen atoms in total. The number of sulfonamides is 1. The molecule has 0 spiro atoms. The van der Waals surface area contributed by atoms with E-state index in [0.29, 0.717) is 18.9 Å². The van der Waals surface area contributed by atoms with Crippen LogP contribution in [-0.4, -0.2) is 53.9 Å². The average Bonchev–Trinajstić information content (AvgIpc) is 3.26. The first kappa shape index (κ1) is 27.5. The highest BCUT2D eigenvalue weighted by molar-refractivity contribution is 7.89. The maximum Gasteiger partial charge on any atom is 0.329 e. The second-order valence-electron chi connectivity index (χ2n) is 9.18. The number of amides is 1. The highest BCUT2D eigenvalue weighted by Crippen LogP contribution is 2.19. The second kappa shape index (κ2) is 11.1. The van der Waals surface area contributed by atoms with E-state index in [1.165, 1.54) is 28.6 Å². The number of carbonyl (C=O) groups is 2. The molecule has 188 valence electrons. The third-order valence-corrected chi connectivity index (χ3v) is 7.17. The van der Waals surface area contributed by atoms with Gasteiger partial charge in [-0.05, 0) is 24.1 Å². The monoisotopic (exact) mass is 494 g/mol. The summed E-state index contributed by atoms with van der Waals surface area (Å²) < 4.78 is 37.3. The van der Waals surface area contributed by atoms with Gasteiger partial charge < -0.3 is 14.6 Å². The SMILES string of the molecule is CCN(CC)S(=O)(=O)c1cccc(C(=O)N[C@H](C(=O)OCc2nc(C(C)(C)C)no2)C(C)C)c1. The number of hydrogen-bond acceptors (Lipinski definition) is 8. The summed E-state index contributed by atoms with van der Waals surface area (Å²) in [5, 5.41) is 6.53. The molecule has 2 rings (SSSR count). The van der Waals surface area contributed by atoms with Gasteiger partial charge in [-0.1, -0.05) is 59.7 Å². The molecule has 1 aromatic heterocycles. The fourth-order valence-corrected chi connectivity index (χ4v) is 4.58. The fraction of sp³-hybridized carbons (Fsp3) is 0.565. The first-order valence-electron chi connectivity index (χ1n) is 11.2. The van der Waals surface area contributed by atoms with Crippen LogP contribution in [0.5, 0.6) is 0 Å². The van der Waals surface area contributed by atoms with Gasteiger partial charge >= 0.3 is 5.97 Å². The van der Waals surface area contributed by atoms with Crippen molar-refractivity contribution in [1.29, 1.82) is 0 Å². The predicted octanol–water partition coefficient (Wildman–Crippen LogP) is 2.90. The van der Waals surface area contributed by atoms with Crippen LogP contribution in [0.4, 0.5) is 0 Å². The topological polar surface area (TPSA) is 132 Å². The Morgan fingerprint density at radius 1 is 1.18 bits per heavy atom. The number of ether oxygens (including phenoxy) is 1. The molecule has 1 heterocycles. The van der Waals surface area contributed by atoms with Crippen LogP contribution in [0.3, 0.4) is 0 Å². The zero-order valence-corrected chi connectivity index (χ0v) is 21.6. The molecular formula is C23H34N4O6S. The smallest absolute Gasteiger partial charge is 0.329 e. The van der Waals surface area contributed by atoms with Gasteiger partial charge in [-0.15, -0.1) is 0 Å². The summed E-state index contributed by atoms with van der Waals surface area (Å²) in [6.07, 6.45) is 0. The van der Waals surface area contributed by atoms with Crippen molar-refractivity contribution in [2.45, 2.75) is 71.4 Å². The third kappa shape index (κ3) is 6.63. The Kier molecular flexibility index (Phi) is 8.96. The van der Waals surface area contributed by atoms with Crippen LogP contribution in [0.2, 0.25) is 0 Å². The van der Waals surface area contributed by atoms with Crippen molar-refractivity contribution in [3.63, 3.8) is 0 Å². The molecule has 1 atom stereocenters. The molecule has 0 saturated heterocycles.